The highest BCUT2D eigenvalue weighted by Crippen LogP contribution is 2.60. The van der Waals surface area contributed by atoms with E-state index in [0.717, 1.165) is 6.07 Å². The van der Waals surface area contributed by atoms with Crippen molar-refractivity contribution in [2.24, 2.45) is 0 Å². The molecule has 2 aromatic rings. The van der Waals surface area contributed by atoms with E-state index in [4.69, 9.17) is 21.1 Å². The van der Waals surface area contributed by atoms with Crippen molar-refractivity contribution >= 4 is 35.0 Å². The highest BCUT2D eigenvalue weighted by Gasteiger charge is 2.69. The van der Waals surface area contributed by atoms with E-state index in [9.17, 15) is 18.8 Å². The number of amides is 3. The monoisotopic (exact) mass is 459 g/mol. The third kappa shape index (κ3) is 3.62. The first-order chi connectivity index (χ1) is 15.3. The highest BCUT2D eigenvalue weighted by atomic mass is 35.5. The summed E-state index contributed by atoms with van der Waals surface area (Å²) in [7, 11) is 0. The van der Waals surface area contributed by atoms with Crippen molar-refractivity contribution in [1.29, 1.82) is 0 Å². The fraction of sp³-hybridized carbons (Fsp3) is 0.318. The van der Waals surface area contributed by atoms with E-state index in [2.05, 4.69) is 16.0 Å². The number of carbonyl (C=O) groups is 3. The molecule has 3 N–H and O–H groups in total. The molecule has 0 radical (unpaired) electrons. The van der Waals surface area contributed by atoms with Gasteiger partial charge in [0.2, 0.25) is 0 Å². The van der Waals surface area contributed by atoms with Crippen LogP contribution < -0.4 is 25.4 Å². The SMILES string of the molecule is O=C(COc1ccc(Cl)c(F)c1)NC12CC(NC(=O)C3Oc4ccccc4NC3=O)(C1)C2. The van der Waals surface area contributed by atoms with Gasteiger partial charge in [0.25, 0.3) is 23.8 Å². The lowest BCUT2D eigenvalue weighted by atomic mass is 9.44. The van der Waals surface area contributed by atoms with E-state index < -0.39 is 34.8 Å². The van der Waals surface area contributed by atoms with Crippen LogP contribution in [0.1, 0.15) is 19.3 Å². The zero-order valence-corrected chi connectivity index (χ0v) is 17.5. The Morgan fingerprint density at radius 3 is 2.62 bits per heavy atom. The Morgan fingerprint density at radius 2 is 1.88 bits per heavy atom. The molecule has 8 nitrogen and oxygen atoms in total. The van der Waals surface area contributed by atoms with Crippen molar-refractivity contribution in [2.75, 3.05) is 11.9 Å². The van der Waals surface area contributed by atoms with Crippen molar-refractivity contribution in [3.05, 3.63) is 53.3 Å². The standard InChI is InChI=1S/C22H19ClFN3O5/c23-13-6-5-12(7-14(13)24)31-8-17(28)26-21-9-22(10-21,11-21)27-20(30)18-19(29)25-15-3-1-2-4-16(15)32-18/h1-7,18H,8-11H2,(H,25,29)(H,26,28)(H,27,30). The van der Waals surface area contributed by atoms with Crippen LogP contribution in [0.15, 0.2) is 42.5 Å². The number of ether oxygens (including phenoxy) is 2. The Balaban J connectivity index is 1.10. The lowest BCUT2D eigenvalue weighted by molar-refractivity contribution is -0.155. The molecule has 3 aliphatic carbocycles. The topological polar surface area (TPSA) is 106 Å². The molecule has 10 heteroatoms. The zero-order valence-electron chi connectivity index (χ0n) is 16.7. The number of anilines is 1. The molecule has 166 valence electrons. The van der Waals surface area contributed by atoms with Gasteiger partial charge in [0.1, 0.15) is 17.3 Å². The van der Waals surface area contributed by atoms with Crippen LogP contribution in [-0.2, 0) is 14.4 Å². The largest absolute Gasteiger partial charge is 0.484 e. The van der Waals surface area contributed by atoms with Crippen LogP contribution in [0.25, 0.3) is 0 Å². The van der Waals surface area contributed by atoms with E-state index in [0.29, 0.717) is 30.7 Å². The number of halogens is 2. The van der Waals surface area contributed by atoms with Crippen molar-refractivity contribution in [3.8, 4) is 11.5 Å². The van der Waals surface area contributed by atoms with Gasteiger partial charge < -0.3 is 25.4 Å². The van der Waals surface area contributed by atoms with Crippen LogP contribution in [0.2, 0.25) is 5.02 Å². The number of hydrogen-bond donors (Lipinski definition) is 3. The molecule has 4 aliphatic rings. The predicted molar refractivity (Wildman–Crippen MR) is 112 cm³/mol. The molecule has 3 fully saturated rings. The third-order valence-corrected chi connectivity index (χ3v) is 6.26. The molecule has 0 spiro atoms. The molecule has 32 heavy (non-hydrogen) atoms. The lowest BCUT2D eigenvalue weighted by Gasteiger charge is -2.70. The number of fused-ring (bicyclic) bond motifs is 1. The van der Waals surface area contributed by atoms with E-state index >= 15 is 0 Å². The van der Waals surface area contributed by atoms with Crippen LogP contribution in [0.3, 0.4) is 0 Å². The van der Waals surface area contributed by atoms with Gasteiger partial charge in [-0.15, -0.1) is 0 Å². The first-order valence-corrected chi connectivity index (χ1v) is 10.4. The lowest BCUT2D eigenvalue weighted by Crippen LogP contribution is -2.84. The van der Waals surface area contributed by atoms with Gasteiger partial charge in [0.15, 0.2) is 6.61 Å². The van der Waals surface area contributed by atoms with Crippen LogP contribution in [0, 0.1) is 5.82 Å². The van der Waals surface area contributed by atoms with Gasteiger partial charge in [0, 0.05) is 17.1 Å². The molecule has 6 rings (SSSR count). The quantitative estimate of drug-likeness (QED) is 0.574. The summed E-state index contributed by atoms with van der Waals surface area (Å²) < 4.78 is 24.3. The average Bonchev–Trinajstić information content (AvgIpc) is 2.71. The number of para-hydroxylation sites is 2. The number of hydrogen-bond acceptors (Lipinski definition) is 5. The first kappa shape index (κ1) is 20.6. The van der Waals surface area contributed by atoms with E-state index in [1.165, 1.54) is 12.1 Å². The summed E-state index contributed by atoms with van der Waals surface area (Å²) in [6.07, 6.45) is 0.395. The van der Waals surface area contributed by atoms with Crippen LogP contribution in [-0.4, -0.2) is 41.5 Å². The molecular formula is C22H19ClFN3O5. The van der Waals surface area contributed by atoms with Crippen molar-refractivity contribution in [1.82, 2.24) is 10.6 Å². The summed E-state index contributed by atoms with van der Waals surface area (Å²) in [5.74, 6) is -1.35. The van der Waals surface area contributed by atoms with Gasteiger partial charge >= 0.3 is 0 Å². The molecule has 1 atom stereocenters. The second-order valence-electron chi connectivity index (χ2n) is 8.48. The molecule has 2 bridgehead atoms. The minimum Gasteiger partial charge on any atom is -0.484 e. The van der Waals surface area contributed by atoms with Gasteiger partial charge in [-0.1, -0.05) is 23.7 Å². The van der Waals surface area contributed by atoms with Crippen molar-refractivity contribution in [3.63, 3.8) is 0 Å². The second-order valence-corrected chi connectivity index (χ2v) is 8.88. The number of nitrogens with one attached hydrogen (secondary N) is 3. The van der Waals surface area contributed by atoms with Gasteiger partial charge in [-0.3, -0.25) is 14.4 Å². The van der Waals surface area contributed by atoms with Crippen molar-refractivity contribution in [2.45, 2.75) is 36.4 Å². The maximum atomic E-state index is 13.4. The summed E-state index contributed by atoms with van der Waals surface area (Å²) in [4.78, 5) is 37.1. The molecule has 3 amide bonds. The fourth-order valence-corrected chi connectivity index (χ4v) is 4.77. The van der Waals surface area contributed by atoms with E-state index in [1.807, 2.05) is 0 Å². The molecule has 1 unspecified atom stereocenters. The Morgan fingerprint density at radius 1 is 1.16 bits per heavy atom. The highest BCUT2D eigenvalue weighted by molar-refractivity contribution is 6.30. The minimum absolute atomic E-state index is 0.0247. The molecule has 3 saturated carbocycles. The summed E-state index contributed by atoms with van der Waals surface area (Å²) in [6.45, 7) is -0.266. The Labute approximate surface area is 187 Å². The van der Waals surface area contributed by atoms with Crippen LogP contribution in [0.4, 0.5) is 10.1 Å². The average molecular weight is 460 g/mol. The summed E-state index contributed by atoms with van der Waals surface area (Å²) >= 11 is 5.62. The maximum Gasteiger partial charge on any atom is 0.275 e. The normalized spacial score (nSPS) is 26.9. The molecule has 1 heterocycles. The van der Waals surface area contributed by atoms with E-state index in [1.54, 1.807) is 24.3 Å². The van der Waals surface area contributed by atoms with Gasteiger partial charge in [0.05, 0.1) is 10.7 Å². The first-order valence-electron chi connectivity index (χ1n) is 10.0. The van der Waals surface area contributed by atoms with E-state index in [-0.39, 0.29) is 23.3 Å². The minimum atomic E-state index is -1.27. The maximum absolute atomic E-state index is 13.4. The third-order valence-electron chi connectivity index (χ3n) is 5.95. The Bertz CT molecular complexity index is 1120. The van der Waals surface area contributed by atoms with Crippen LogP contribution >= 0.6 is 11.6 Å². The Kier molecular flexibility index (Phi) is 4.74. The molecular weight excluding hydrogens is 441 g/mol. The van der Waals surface area contributed by atoms with Gasteiger partial charge in [-0.05, 0) is 43.5 Å². The fourth-order valence-electron chi connectivity index (χ4n) is 4.65. The number of carbonyl (C=O) groups excluding carboxylic acids is 3. The van der Waals surface area contributed by atoms with Gasteiger partial charge in [-0.25, -0.2) is 4.39 Å². The van der Waals surface area contributed by atoms with Crippen molar-refractivity contribution < 1.29 is 28.2 Å². The predicted octanol–water partition coefficient (Wildman–Crippen LogP) is 2.17. The molecule has 0 aromatic heterocycles. The Hall–Kier alpha value is -3.33. The zero-order chi connectivity index (χ0) is 22.5. The summed E-state index contributed by atoms with van der Waals surface area (Å²) in [5.41, 5.74) is -0.330. The smallest absolute Gasteiger partial charge is 0.275 e. The molecule has 1 aliphatic heterocycles. The van der Waals surface area contributed by atoms with Crippen LogP contribution in [0.5, 0.6) is 11.5 Å². The number of rotatable bonds is 6. The second kappa shape index (κ2) is 7.37. The summed E-state index contributed by atoms with van der Waals surface area (Å²) in [5, 5.41) is 8.45. The molecule has 2 aromatic carbocycles. The van der Waals surface area contributed by atoms with Gasteiger partial charge in [-0.2, -0.15) is 0 Å². The summed E-state index contributed by atoms with van der Waals surface area (Å²) in [6, 6.07) is 10.8. The number of benzene rings is 2. The molecule has 0 saturated heterocycles.